The number of benzene rings is 1. The molecule has 1 aromatic rings. The van der Waals surface area contributed by atoms with Gasteiger partial charge in [0, 0.05) is 0 Å². The molecular weight excluding hydrogens is 284 g/mol. The highest BCUT2D eigenvalue weighted by atomic mass is 16.8. The third-order valence-electron chi connectivity index (χ3n) is 4.33. The van der Waals surface area contributed by atoms with Crippen LogP contribution in [0, 0.1) is 5.92 Å². The van der Waals surface area contributed by atoms with Gasteiger partial charge >= 0.3 is 0 Å². The Bertz CT molecular complexity index is 512. The molecular formula is C17H24O5. The number of aliphatic hydroxyl groups is 1. The molecule has 0 saturated carbocycles. The first-order valence-corrected chi connectivity index (χ1v) is 7.72. The molecule has 0 aliphatic carbocycles. The van der Waals surface area contributed by atoms with Crippen molar-refractivity contribution in [1.82, 2.24) is 0 Å². The normalized spacial score (nSPS) is 34.4. The molecule has 2 saturated heterocycles. The monoisotopic (exact) mass is 308 g/mol. The number of aliphatic hydroxyl groups excluding tert-OH is 1. The summed E-state index contributed by atoms with van der Waals surface area (Å²) in [5.41, 5.74) is 1.18. The standard InChI is InChI=1S/C17H24O5/c1-10(9-11-5-7-12(19-4)8-6-11)14-13(18)15-16(20-14)22-17(2,3)21-15/h5-8,10,13-16,18H,9H2,1-4H3/t10-,13+,14+,15+,16+/m0/s1. The predicted molar refractivity (Wildman–Crippen MR) is 80.6 cm³/mol. The zero-order valence-corrected chi connectivity index (χ0v) is 13.5. The molecule has 5 nitrogen and oxygen atoms in total. The fraction of sp³-hybridized carbons (Fsp3) is 0.647. The van der Waals surface area contributed by atoms with Gasteiger partial charge in [-0.15, -0.1) is 0 Å². The maximum atomic E-state index is 10.5. The van der Waals surface area contributed by atoms with Crippen LogP contribution >= 0.6 is 0 Å². The lowest BCUT2D eigenvalue weighted by molar-refractivity contribution is -0.220. The van der Waals surface area contributed by atoms with Gasteiger partial charge in [0.2, 0.25) is 0 Å². The minimum atomic E-state index is -0.694. The lowest BCUT2D eigenvalue weighted by atomic mass is 9.92. The molecule has 122 valence electrons. The molecule has 2 aliphatic rings. The first-order chi connectivity index (χ1) is 10.4. The van der Waals surface area contributed by atoms with Crippen LogP contribution in [-0.4, -0.2) is 42.6 Å². The Hall–Kier alpha value is -1.14. The SMILES string of the molecule is COc1ccc(C[C@H](C)[C@H]2O[C@@H]3OC(C)(C)O[C@@H]3[C@@H]2O)cc1. The molecule has 0 aromatic heterocycles. The van der Waals surface area contributed by atoms with Gasteiger partial charge in [0.25, 0.3) is 0 Å². The predicted octanol–water partition coefficient (Wildman–Crippen LogP) is 2.11. The molecule has 0 radical (unpaired) electrons. The number of rotatable bonds is 4. The number of hydrogen-bond donors (Lipinski definition) is 1. The molecule has 2 fully saturated rings. The van der Waals surface area contributed by atoms with E-state index in [1.54, 1.807) is 7.11 Å². The zero-order chi connectivity index (χ0) is 15.9. The molecule has 5 heteroatoms. The van der Waals surface area contributed by atoms with E-state index in [0.29, 0.717) is 0 Å². The van der Waals surface area contributed by atoms with Crippen molar-refractivity contribution in [3.05, 3.63) is 29.8 Å². The van der Waals surface area contributed by atoms with Crippen LogP contribution in [0.2, 0.25) is 0 Å². The van der Waals surface area contributed by atoms with Crippen molar-refractivity contribution in [1.29, 1.82) is 0 Å². The van der Waals surface area contributed by atoms with E-state index in [2.05, 4.69) is 6.92 Å². The Kier molecular flexibility index (Phi) is 4.16. The Morgan fingerprint density at radius 3 is 2.50 bits per heavy atom. The van der Waals surface area contributed by atoms with Gasteiger partial charge in [-0.2, -0.15) is 0 Å². The summed E-state index contributed by atoms with van der Waals surface area (Å²) < 4.78 is 22.5. The quantitative estimate of drug-likeness (QED) is 0.923. The molecule has 0 amide bonds. The van der Waals surface area contributed by atoms with Crippen molar-refractivity contribution in [3.63, 3.8) is 0 Å². The second-order valence-corrected chi connectivity index (χ2v) is 6.59. The molecule has 5 atom stereocenters. The maximum Gasteiger partial charge on any atom is 0.190 e. The summed E-state index contributed by atoms with van der Waals surface area (Å²) in [6.07, 6.45) is -1.02. The van der Waals surface area contributed by atoms with Crippen LogP contribution in [0.3, 0.4) is 0 Å². The van der Waals surface area contributed by atoms with Crippen LogP contribution in [-0.2, 0) is 20.6 Å². The van der Waals surface area contributed by atoms with Gasteiger partial charge in [-0.05, 0) is 43.9 Å². The van der Waals surface area contributed by atoms with Gasteiger partial charge in [-0.1, -0.05) is 19.1 Å². The van der Waals surface area contributed by atoms with E-state index in [1.165, 1.54) is 5.56 Å². The van der Waals surface area contributed by atoms with Gasteiger partial charge < -0.3 is 24.1 Å². The summed E-state index contributed by atoms with van der Waals surface area (Å²) in [5.74, 6) is 0.303. The summed E-state index contributed by atoms with van der Waals surface area (Å²) >= 11 is 0. The van der Waals surface area contributed by atoms with Crippen LogP contribution in [0.1, 0.15) is 26.3 Å². The van der Waals surface area contributed by atoms with Crippen molar-refractivity contribution >= 4 is 0 Å². The third kappa shape index (κ3) is 2.99. The van der Waals surface area contributed by atoms with Crippen LogP contribution in [0.15, 0.2) is 24.3 Å². The molecule has 3 rings (SSSR count). The Balaban J connectivity index is 1.62. The van der Waals surface area contributed by atoms with Crippen LogP contribution in [0.25, 0.3) is 0 Å². The molecule has 0 spiro atoms. The Morgan fingerprint density at radius 2 is 1.91 bits per heavy atom. The van der Waals surface area contributed by atoms with Crippen molar-refractivity contribution in [2.45, 2.75) is 57.6 Å². The van der Waals surface area contributed by atoms with E-state index in [4.69, 9.17) is 18.9 Å². The zero-order valence-electron chi connectivity index (χ0n) is 13.5. The Morgan fingerprint density at radius 1 is 1.23 bits per heavy atom. The summed E-state index contributed by atoms with van der Waals surface area (Å²) in [6.45, 7) is 5.73. The van der Waals surface area contributed by atoms with Gasteiger partial charge in [-0.25, -0.2) is 0 Å². The van der Waals surface area contributed by atoms with Gasteiger partial charge in [0.15, 0.2) is 12.1 Å². The first kappa shape index (κ1) is 15.7. The fourth-order valence-electron chi connectivity index (χ4n) is 3.24. The van der Waals surface area contributed by atoms with Crippen LogP contribution in [0.4, 0.5) is 0 Å². The van der Waals surface area contributed by atoms with E-state index >= 15 is 0 Å². The van der Waals surface area contributed by atoms with Gasteiger partial charge in [0.1, 0.15) is 18.0 Å². The van der Waals surface area contributed by atoms with Crippen molar-refractivity contribution < 1.29 is 24.1 Å². The number of methoxy groups -OCH3 is 1. The van der Waals surface area contributed by atoms with Gasteiger partial charge in [-0.3, -0.25) is 0 Å². The highest BCUT2D eigenvalue weighted by Crippen LogP contribution is 2.39. The number of hydrogen-bond acceptors (Lipinski definition) is 5. The number of fused-ring (bicyclic) bond motifs is 1. The molecule has 22 heavy (non-hydrogen) atoms. The van der Waals surface area contributed by atoms with Crippen molar-refractivity contribution in [2.24, 2.45) is 5.92 Å². The lowest BCUT2D eigenvalue weighted by Gasteiger charge is -2.26. The fourth-order valence-corrected chi connectivity index (χ4v) is 3.24. The molecule has 0 unspecified atom stereocenters. The van der Waals surface area contributed by atoms with Crippen molar-refractivity contribution in [3.8, 4) is 5.75 Å². The van der Waals surface area contributed by atoms with E-state index in [-0.39, 0.29) is 12.0 Å². The highest BCUT2D eigenvalue weighted by molar-refractivity contribution is 5.27. The summed E-state index contributed by atoms with van der Waals surface area (Å²) in [5, 5.41) is 10.5. The van der Waals surface area contributed by atoms with Crippen molar-refractivity contribution in [2.75, 3.05) is 7.11 Å². The second kappa shape index (κ2) is 5.81. The third-order valence-corrected chi connectivity index (χ3v) is 4.33. The van der Waals surface area contributed by atoms with Gasteiger partial charge in [0.05, 0.1) is 13.2 Å². The molecule has 2 heterocycles. The number of ether oxygens (including phenoxy) is 4. The van der Waals surface area contributed by atoms with E-state index in [0.717, 1.165) is 12.2 Å². The summed E-state index contributed by atoms with van der Waals surface area (Å²) in [7, 11) is 1.65. The van der Waals surface area contributed by atoms with Crippen LogP contribution in [0.5, 0.6) is 5.75 Å². The molecule has 1 N–H and O–H groups in total. The molecule has 1 aromatic carbocycles. The summed E-state index contributed by atoms with van der Waals surface area (Å²) in [6, 6.07) is 7.95. The minimum Gasteiger partial charge on any atom is -0.497 e. The second-order valence-electron chi connectivity index (χ2n) is 6.59. The largest absolute Gasteiger partial charge is 0.497 e. The minimum absolute atomic E-state index is 0.157. The molecule has 0 bridgehead atoms. The summed E-state index contributed by atoms with van der Waals surface area (Å²) in [4.78, 5) is 0. The maximum absolute atomic E-state index is 10.5. The van der Waals surface area contributed by atoms with E-state index < -0.39 is 24.3 Å². The highest BCUT2D eigenvalue weighted by Gasteiger charge is 2.55. The average Bonchev–Trinajstić information content (AvgIpc) is 2.93. The van der Waals surface area contributed by atoms with E-state index in [9.17, 15) is 5.11 Å². The topological polar surface area (TPSA) is 57.2 Å². The Labute approximate surface area is 131 Å². The smallest absolute Gasteiger partial charge is 0.190 e. The first-order valence-electron chi connectivity index (χ1n) is 7.72. The lowest BCUT2D eigenvalue weighted by Crippen LogP contribution is -2.38. The molecule has 2 aliphatic heterocycles. The average molecular weight is 308 g/mol. The van der Waals surface area contributed by atoms with E-state index in [1.807, 2.05) is 38.1 Å². The van der Waals surface area contributed by atoms with Crippen LogP contribution < -0.4 is 4.74 Å².